The summed E-state index contributed by atoms with van der Waals surface area (Å²) in [4.78, 5) is 36.5. The molecule has 3 heterocycles. The highest BCUT2D eigenvalue weighted by Crippen LogP contribution is 2.34. The molecule has 0 unspecified atom stereocenters. The topological polar surface area (TPSA) is 110 Å². The highest BCUT2D eigenvalue weighted by Gasteiger charge is 2.37. The number of aromatic nitrogens is 4. The van der Waals surface area contributed by atoms with E-state index in [1.807, 2.05) is 42.5 Å². The van der Waals surface area contributed by atoms with Gasteiger partial charge in [0.1, 0.15) is 11.9 Å². The third-order valence-electron chi connectivity index (χ3n) is 8.28. The smallest absolute Gasteiger partial charge is 0.341 e. The van der Waals surface area contributed by atoms with E-state index in [0.717, 1.165) is 47.7 Å². The Labute approximate surface area is 232 Å². The zero-order chi connectivity index (χ0) is 27.6. The fourth-order valence-electron chi connectivity index (χ4n) is 5.90. The number of amides is 1. The number of rotatable bonds is 6. The molecule has 0 atom stereocenters. The number of anilines is 1. The average Bonchev–Trinajstić information content (AvgIpc) is 3.43. The number of carboxylic acid groups (broad SMARTS) is 1. The number of carbonyl (C=O) groups excluding carboxylic acids is 1. The predicted molar refractivity (Wildman–Crippen MR) is 152 cm³/mol. The molecule has 1 aliphatic carbocycles. The molecule has 1 aliphatic heterocycles. The number of hydrogen-bond donors (Lipinski definition) is 1. The Balaban J connectivity index is 1.33. The Morgan fingerprint density at radius 1 is 0.975 bits per heavy atom. The molecule has 1 amide bonds. The van der Waals surface area contributed by atoms with Gasteiger partial charge in [-0.1, -0.05) is 25.1 Å². The minimum atomic E-state index is -1.10. The lowest BCUT2D eigenvalue weighted by Crippen LogP contribution is -2.47. The van der Waals surface area contributed by atoms with E-state index < -0.39 is 5.97 Å². The maximum absolute atomic E-state index is 14.0. The number of carboxylic acids is 1. The van der Waals surface area contributed by atoms with Crippen molar-refractivity contribution in [2.24, 2.45) is 11.8 Å². The number of fused-ring (bicyclic) bond motifs is 1. The van der Waals surface area contributed by atoms with E-state index in [1.54, 1.807) is 15.8 Å². The fraction of sp³-hybridized carbons (Fsp3) is 0.387. The van der Waals surface area contributed by atoms with Gasteiger partial charge in [-0.05, 0) is 79.8 Å². The minimum Gasteiger partial charge on any atom is -0.477 e. The van der Waals surface area contributed by atoms with Crippen LogP contribution in [-0.2, 0) is 9.53 Å². The molecule has 2 aromatic carbocycles. The Hall–Kier alpha value is -4.11. The second-order valence-electron chi connectivity index (χ2n) is 11.0. The number of aromatic carboxylic acids is 1. The third-order valence-corrected chi connectivity index (χ3v) is 8.28. The molecule has 2 fully saturated rings. The standard InChI is InChI=1S/C31H33N5O4/c1-20-2-4-22(5-3-20)30(37)36(26-12-14-40-15-13-26)29-27(31(38)39)18-35(34-29)25-9-6-21(7-10-25)23-8-11-28-24(16-23)17-32-19-33-28/h6-11,16-20,22,26H,2-5,12-15H2,1H3,(H,38,39). The highest BCUT2D eigenvalue weighted by molar-refractivity contribution is 6.02. The minimum absolute atomic E-state index is 0.0119. The lowest BCUT2D eigenvalue weighted by molar-refractivity contribution is -0.124. The first-order chi connectivity index (χ1) is 19.5. The summed E-state index contributed by atoms with van der Waals surface area (Å²) in [6.07, 6.45) is 9.83. The van der Waals surface area contributed by atoms with Crippen LogP contribution in [0.15, 0.2) is 61.2 Å². The van der Waals surface area contributed by atoms with E-state index in [0.29, 0.717) is 37.7 Å². The van der Waals surface area contributed by atoms with Gasteiger partial charge in [-0.25, -0.2) is 19.4 Å². The van der Waals surface area contributed by atoms with Gasteiger partial charge in [0.05, 0.1) is 11.2 Å². The largest absolute Gasteiger partial charge is 0.477 e. The van der Waals surface area contributed by atoms with Crippen molar-refractivity contribution in [2.75, 3.05) is 18.1 Å². The molecule has 0 radical (unpaired) electrons. The number of hydrogen-bond acceptors (Lipinski definition) is 6. The van der Waals surface area contributed by atoms with Gasteiger partial charge in [-0.2, -0.15) is 0 Å². The van der Waals surface area contributed by atoms with Gasteiger partial charge in [0.15, 0.2) is 5.82 Å². The molecule has 1 saturated carbocycles. The van der Waals surface area contributed by atoms with Gasteiger partial charge in [0, 0.05) is 43.0 Å². The number of benzene rings is 2. The lowest BCUT2D eigenvalue weighted by atomic mass is 9.82. The summed E-state index contributed by atoms with van der Waals surface area (Å²) in [5.41, 5.74) is 3.66. The van der Waals surface area contributed by atoms with E-state index in [9.17, 15) is 14.7 Å². The van der Waals surface area contributed by atoms with Crippen molar-refractivity contribution < 1.29 is 19.4 Å². The molecule has 2 aromatic heterocycles. The van der Waals surface area contributed by atoms with E-state index in [-0.39, 0.29) is 29.2 Å². The second-order valence-corrected chi connectivity index (χ2v) is 11.0. The molecule has 1 saturated heterocycles. The van der Waals surface area contributed by atoms with Gasteiger partial charge in [-0.15, -0.1) is 5.10 Å². The molecule has 40 heavy (non-hydrogen) atoms. The summed E-state index contributed by atoms with van der Waals surface area (Å²) in [7, 11) is 0. The molecule has 0 bridgehead atoms. The van der Waals surface area contributed by atoms with Crippen LogP contribution in [0.2, 0.25) is 0 Å². The Bertz CT molecular complexity index is 1520. The maximum atomic E-state index is 14.0. The molecule has 9 nitrogen and oxygen atoms in total. The second kappa shape index (κ2) is 11.2. The molecule has 1 N–H and O–H groups in total. The predicted octanol–water partition coefficient (Wildman–Crippen LogP) is 5.52. The summed E-state index contributed by atoms with van der Waals surface area (Å²) in [5, 5.41) is 15.8. The summed E-state index contributed by atoms with van der Waals surface area (Å²) in [6.45, 7) is 3.31. The van der Waals surface area contributed by atoms with Crippen LogP contribution in [0.1, 0.15) is 55.8 Å². The van der Waals surface area contributed by atoms with Crippen LogP contribution < -0.4 is 4.90 Å². The summed E-state index contributed by atoms with van der Waals surface area (Å²) in [5.74, 6) is -0.389. The van der Waals surface area contributed by atoms with Crippen molar-refractivity contribution >= 4 is 28.6 Å². The third kappa shape index (κ3) is 5.21. The zero-order valence-electron chi connectivity index (χ0n) is 22.6. The summed E-state index contributed by atoms with van der Waals surface area (Å²) >= 11 is 0. The molecule has 9 heteroatoms. The Morgan fingerprint density at radius 2 is 1.70 bits per heavy atom. The maximum Gasteiger partial charge on any atom is 0.341 e. The first kappa shape index (κ1) is 26.1. The van der Waals surface area contributed by atoms with E-state index in [4.69, 9.17) is 9.84 Å². The average molecular weight is 540 g/mol. The number of carbonyl (C=O) groups is 2. The van der Waals surface area contributed by atoms with Crippen LogP contribution >= 0.6 is 0 Å². The molecular weight excluding hydrogens is 506 g/mol. The zero-order valence-corrected chi connectivity index (χ0v) is 22.6. The van der Waals surface area contributed by atoms with Crippen molar-refractivity contribution in [3.63, 3.8) is 0 Å². The van der Waals surface area contributed by atoms with Gasteiger partial charge in [0.25, 0.3) is 0 Å². The van der Waals surface area contributed by atoms with Gasteiger partial charge < -0.3 is 9.84 Å². The molecule has 2 aliphatic rings. The van der Waals surface area contributed by atoms with Crippen LogP contribution in [0, 0.1) is 11.8 Å². The van der Waals surface area contributed by atoms with Crippen LogP contribution in [0.3, 0.4) is 0 Å². The first-order valence-corrected chi connectivity index (χ1v) is 14.0. The van der Waals surface area contributed by atoms with Crippen molar-refractivity contribution in [1.29, 1.82) is 0 Å². The van der Waals surface area contributed by atoms with E-state index in [2.05, 4.69) is 16.9 Å². The first-order valence-electron chi connectivity index (χ1n) is 14.0. The molecule has 4 aromatic rings. The van der Waals surface area contributed by atoms with E-state index >= 15 is 0 Å². The Morgan fingerprint density at radius 3 is 2.42 bits per heavy atom. The number of nitrogens with zero attached hydrogens (tertiary/aromatic N) is 5. The van der Waals surface area contributed by atoms with E-state index in [1.165, 1.54) is 12.5 Å². The lowest BCUT2D eigenvalue weighted by Gasteiger charge is -2.37. The van der Waals surface area contributed by atoms with Crippen LogP contribution in [-0.4, -0.2) is 56.0 Å². The van der Waals surface area contributed by atoms with Gasteiger partial charge in [0.2, 0.25) is 5.91 Å². The molecule has 6 rings (SSSR count). The van der Waals surface area contributed by atoms with Crippen molar-refractivity contribution in [2.45, 2.75) is 51.5 Å². The van der Waals surface area contributed by atoms with Crippen molar-refractivity contribution in [3.8, 4) is 16.8 Å². The molecular formula is C31H33N5O4. The SMILES string of the molecule is CC1CCC(C(=O)N(c2nn(-c3ccc(-c4ccc5ncncc5c4)cc3)cc2C(=O)O)C2CCOCC2)CC1. The van der Waals surface area contributed by atoms with Crippen LogP contribution in [0.5, 0.6) is 0 Å². The summed E-state index contributed by atoms with van der Waals surface area (Å²) < 4.78 is 7.13. The fourth-order valence-corrected chi connectivity index (χ4v) is 5.90. The van der Waals surface area contributed by atoms with Gasteiger partial charge >= 0.3 is 5.97 Å². The quantitative estimate of drug-likeness (QED) is 0.344. The molecule has 206 valence electrons. The van der Waals surface area contributed by atoms with Crippen LogP contribution in [0.25, 0.3) is 27.7 Å². The normalized spacial score (nSPS) is 19.9. The number of ether oxygens (including phenoxy) is 1. The Kier molecular flexibility index (Phi) is 7.30. The molecule has 0 spiro atoms. The van der Waals surface area contributed by atoms with Crippen LogP contribution in [0.4, 0.5) is 5.82 Å². The van der Waals surface area contributed by atoms with Gasteiger partial charge in [-0.3, -0.25) is 9.69 Å². The monoisotopic (exact) mass is 539 g/mol. The highest BCUT2D eigenvalue weighted by atomic mass is 16.5. The van der Waals surface area contributed by atoms with Crippen molar-refractivity contribution in [1.82, 2.24) is 19.7 Å². The summed E-state index contributed by atoms with van der Waals surface area (Å²) in [6, 6.07) is 13.7. The van der Waals surface area contributed by atoms with Crippen molar-refractivity contribution in [3.05, 3.63) is 66.7 Å².